The molecule has 0 aliphatic heterocycles. The predicted molar refractivity (Wildman–Crippen MR) is 50.3 cm³/mol. The molecule has 1 aliphatic carbocycles. The van der Waals surface area contributed by atoms with Crippen molar-refractivity contribution in [2.45, 2.75) is 24.8 Å². The molecule has 0 saturated heterocycles. The van der Waals surface area contributed by atoms with E-state index in [0.717, 1.165) is 24.6 Å². The fourth-order valence-electron chi connectivity index (χ4n) is 1.76. The third-order valence-corrected chi connectivity index (χ3v) is 2.79. The van der Waals surface area contributed by atoms with Crippen LogP contribution in [0, 0.1) is 0 Å². The van der Waals surface area contributed by atoms with Crippen LogP contribution in [0.3, 0.4) is 0 Å². The minimum Gasteiger partial charge on any atom is -0.357 e. The Morgan fingerprint density at radius 3 is 2.54 bits per heavy atom. The van der Waals surface area contributed by atoms with Crippen molar-refractivity contribution in [1.29, 1.82) is 0 Å². The van der Waals surface area contributed by atoms with E-state index in [4.69, 9.17) is 5.73 Å². The summed E-state index contributed by atoms with van der Waals surface area (Å²) in [5.41, 5.74) is 5.92. The molecular weight excluding hydrogens is 166 g/mol. The third kappa shape index (κ3) is 1.11. The van der Waals surface area contributed by atoms with Gasteiger partial charge >= 0.3 is 0 Å². The highest BCUT2D eigenvalue weighted by Gasteiger charge is 2.38. The monoisotopic (exact) mass is 181 g/mol. The average Bonchev–Trinajstić information content (AvgIpc) is 2.43. The van der Waals surface area contributed by atoms with Gasteiger partial charge in [-0.25, -0.2) is 0 Å². The highest BCUT2D eigenvalue weighted by molar-refractivity contribution is 5.27. The molecule has 0 aromatic carbocycles. The molecule has 1 fully saturated rings. The zero-order valence-corrected chi connectivity index (χ0v) is 8.04. The van der Waals surface area contributed by atoms with Crippen LogP contribution >= 0.6 is 0 Å². The molecule has 1 saturated carbocycles. The van der Waals surface area contributed by atoms with Crippen LogP contribution in [0.2, 0.25) is 0 Å². The van der Waals surface area contributed by atoms with Crippen molar-refractivity contribution < 1.29 is 0 Å². The summed E-state index contributed by atoms with van der Waals surface area (Å²) in [7, 11) is 3.77. The molecular formula is C8H15N5. The van der Waals surface area contributed by atoms with E-state index in [9.17, 15) is 0 Å². The maximum Gasteiger partial charge on any atom is 0.224 e. The van der Waals surface area contributed by atoms with Gasteiger partial charge in [-0.05, 0) is 19.3 Å². The van der Waals surface area contributed by atoms with Gasteiger partial charge in [-0.2, -0.15) is 0 Å². The van der Waals surface area contributed by atoms with Crippen molar-refractivity contribution >= 4 is 5.95 Å². The van der Waals surface area contributed by atoms with Crippen LogP contribution in [0.4, 0.5) is 5.95 Å². The van der Waals surface area contributed by atoms with Gasteiger partial charge in [0.2, 0.25) is 5.95 Å². The molecule has 1 aromatic rings. The number of hydrogen-bond acceptors (Lipinski definition) is 4. The Labute approximate surface area is 77.3 Å². The van der Waals surface area contributed by atoms with Gasteiger partial charge in [0.25, 0.3) is 0 Å². The standard InChI is InChI=1S/C8H15N5/c1-10-7-12-11-6(13(7)2)8(9)4-3-5-8/h3-5,9H2,1-2H3,(H,10,12). The second kappa shape index (κ2) is 2.70. The Bertz CT molecular complexity index is 312. The zero-order valence-electron chi connectivity index (χ0n) is 8.04. The zero-order chi connectivity index (χ0) is 9.47. The molecule has 0 bridgehead atoms. The summed E-state index contributed by atoms with van der Waals surface area (Å²) in [6.45, 7) is 0. The number of aromatic nitrogens is 3. The fraction of sp³-hybridized carbons (Fsp3) is 0.750. The maximum atomic E-state index is 6.14. The van der Waals surface area contributed by atoms with Crippen LogP contribution in [-0.4, -0.2) is 21.8 Å². The molecule has 1 aliphatic rings. The second-order valence-electron chi connectivity index (χ2n) is 3.67. The highest BCUT2D eigenvalue weighted by Crippen LogP contribution is 2.37. The first kappa shape index (κ1) is 8.50. The summed E-state index contributed by atoms with van der Waals surface area (Å²) in [5.74, 6) is 1.66. The number of anilines is 1. The van der Waals surface area contributed by atoms with Crippen molar-refractivity contribution in [1.82, 2.24) is 14.8 Å². The van der Waals surface area contributed by atoms with E-state index in [0.29, 0.717) is 0 Å². The normalized spacial score (nSPS) is 19.6. The van der Waals surface area contributed by atoms with E-state index in [-0.39, 0.29) is 5.54 Å². The Balaban J connectivity index is 2.35. The predicted octanol–water partition coefficient (Wildman–Crippen LogP) is 0.195. The molecule has 3 N–H and O–H groups in total. The van der Waals surface area contributed by atoms with Gasteiger partial charge in [0, 0.05) is 14.1 Å². The first-order chi connectivity index (χ1) is 6.17. The first-order valence-electron chi connectivity index (χ1n) is 4.54. The summed E-state index contributed by atoms with van der Waals surface area (Å²) < 4.78 is 1.93. The van der Waals surface area contributed by atoms with E-state index in [2.05, 4.69) is 15.5 Å². The van der Waals surface area contributed by atoms with Gasteiger partial charge in [0.15, 0.2) is 5.82 Å². The lowest BCUT2D eigenvalue weighted by molar-refractivity contribution is 0.232. The Kier molecular flexibility index (Phi) is 1.76. The van der Waals surface area contributed by atoms with E-state index in [1.54, 1.807) is 0 Å². The smallest absolute Gasteiger partial charge is 0.224 e. The lowest BCUT2D eigenvalue weighted by atomic mass is 9.77. The number of nitrogens with two attached hydrogens (primary N) is 1. The largest absolute Gasteiger partial charge is 0.357 e. The number of hydrogen-bond donors (Lipinski definition) is 2. The minimum atomic E-state index is -0.225. The van der Waals surface area contributed by atoms with Crippen LogP contribution < -0.4 is 11.1 Å². The lowest BCUT2D eigenvalue weighted by Gasteiger charge is -2.36. The molecule has 0 unspecified atom stereocenters. The van der Waals surface area contributed by atoms with Gasteiger partial charge in [-0.15, -0.1) is 10.2 Å². The van der Waals surface area contributed by atoms with E-state index in [1.165, 1.54) is 6.42 Å². The Morgan fingerprint density at radius 1 is 1.46 bits per heavy atom. The SMILES string of the molecule is CNc1nnc(C2(N)CCC2)n1C. The highest BCUT2D eigenvalue weighted by atomic mass is 15.4. The topological polar surface area (TPSA) is 68.8 Å². The first-order valence-corrected chi connectivity index (χ1v) is 4.54. The average molecular weight is 181 g/mol. The van der Waals surface area contributed by atoms with Gasteiger partial charge in [0.05, 0.1) is 5.54 Å². The summed E-state index contributed by atoms with van der Waals surface area (Å²) in [5, 5.41) is 11.1. The molecule has 1 heterocycles. The molecule has 0 atom stereocenters. The maximum absolute atomic E-state index is 6.14. The lowest BCUT2D eigenvalue weighted by Crippen LogP contribution is -2.45. The van der Waals surface area contributed by atoms with E-state index >= 15 is 0 Å². The van der Waals surface area contributed by atoms with Crippen LogP contribution in [0.25, 0.3) is 0 Å². The second-order valence-corrected chi connectivity index (χ2v) is 3.67. The van der Waals surface area contributed by atoms with E-state index < -0.39 is 0 Å². The molecule has 72 valence electrons. The third-order valence-electron chi connectivity index (χ3n) is 2.79. The molecule has 2 rings (SSSR count). The number of rotatable bonds is 2. The van der Waals surface area contributed by atoms with Gasteiger partial charge in [-0.1, -0.05) is 0 Å². The molecule has 1 aromatic heterocycles. The number of nitrogens with one attached hydrogen (secondary N) is 1. The molecule has 13 heavy (non-hydrogen) atoms. The minimum absolute atomic E-state index is 0.225. The fourth-order valence-corrected chi connectivity index (χ4v) is 1.76. The molecule has 0 radical (unpaired) electrons. The van der Waals surface area contributed by atoms with Crippen molar-refractivity contribution in [3.8, 4) is 0 Å². The summed E-state index contributed by atoms with van der Waals surface area (Å²) >= 11 is 0. The van der Waals surface area contributed by atoms with Gasteiger partial charge in [-0.3, -0.25) is 4.57 Å². The van der Waals surface area contributed by atoms with Crippen LogP contribution in [0.15, 0.2) is 0 Å². The quantitative estimate of drug-likeness (QED) is 0.683. The number of nitrogens with zero attached hydrogens (tertiary/aromatic N) is 3. The van der Waals surface area contributed by atoms with Crippen LogP contribution in [0.1, 0.15) is 25.1 Å². The Morgan fingerprint density at radius 2 is 2.15 bits per heavy atom. The molecule has 0 amide bonds. The Hall–Kier alpha value is -1.10. The van der Waals surface area contributed by atoms with Gasteiger partial charge in [0.1, 0.15) is 0 Å². The summed E-state index contributed by atoms with van der Waals surface area (Å²) in [6, 6.07) is 0. The van der Waals surface area contributed by atoms with Gasteiger partial charge < -0.3 is 11.1 Å². The molecule has 0 spiro atoms. The molecule has 5 nitrogen and oxygen atoms in total. The summed E-state index contributed by atoms with van der Waals surface area (Å²) in [4.78, 5) is 0. The van der Waals surface area contributed by atoms with Crippen molar-refractivity contribution in [3.63, 3.8) is 0 Å². The van der Waals surface area contributed by atoms with Crippen LogP contribution in [-0.2, 0) is 12.6 Å². The van der Waals surface area contributed by atoms with Crippen LogP contribution in [0.5, 0.6) is 0 Å². The summed E-state index contributed by atoms with van der Waals surface area (Å²) in [6.07, 6.45) is 3.23. The molecule has 5 heteroatoms. The van der Waals surface area contributed by atoms with E-state index in [1.807, 2.05) is 18.7 Å². The van der Waals surface area contributed by atoms with Crippen molar-refractivity contribution in [2.75, 3.05) is 12.4 Å². The van der Waals surface area contributed by atoms with Crippen molar-refractivity contribution in [3.05, 3.63) is 5.82 Å². The van der Waals surface area contributed by atoms with Crippen molar-refractivity contribution in [2.24, 2.45) is 12.8 Å².